The van der Waals surface area contributed by atoms with Crippen molar-refractivity contribution in [3.63, 3.8) is 0 Å². The normalized spacial score (nSPS) is 12.8. The zero-order valence-corrected chi connectivity index (χ0v) is 16.1. The lowest BCUT2D eigenvalue weighted by molar-refractivity contribution is -0.255. The summed E-state index contributed by atoms with van der Waals surface area (Å²) in [6, 6.07) is 6.91. The van der Waals surface area contributed by atoms with Crippen molar-refractivity contribution in [3.8, 4) is 0 Å². The second-order valence-electron chi connectivity index (χ2n) is 7.20. The number of benzene rings is 2. The second kappa shape index (κ2) is 7.78. The lowest BCUT2D eigenvalue weighted by Crippen LogP contribution is -2.33. The fourth-order valence-electron chi connectivity index (χ4n) is 3.10. The van der Waals surface area contributed by atoms with Crippen LogP contribution in [-0.2, 0) is 0 Å². The largest absolute Gasteiger partial charge is 0.545 e. The Kier molecular flexibility index (Phi) is 5.37. The highest BCUT2D eigenvalue weighted by Crippen LogP contribution is 2.25. The Morgan fingerprint density at radius 3 is 1.97 bits per heavy atom. The van der Waals surface area contributed by atoms with E-state index < -0.39 is 40.8 Å². The van der Waals surface area contributed by atoms with E-state index in [1.54, 1.807) is 0 Å². The molecule has 0 radical (unpaired) electrons. The van der Waals surface area contributed by atoms with Crippen molar-refractivity contribution in [2.75, 3.05) is 11.9 Å². The molecule has 0 saturated carbocycles. The van der Waals surface area contributed by atoms with Crippen molar-refractivity contribution in [2.45, 2.75) is 13.8 Å². The molecule has 0 aliphatic carbocycles. The molecule has 0 atom stereocenters. The fourth-order valence-corrected chi connectivity index (χ4v) is 3.10. The van der Waals surface area contributed by atoms with Crippen LogP contribution in [0.5, 0.6) is 0 Å². The molecule has 1 aliphatic heterocycles. The van der Waals surface area contributed by atoms with E-state index in [0.29, 0.717) is 0 Å². The minimum atomic E-state index is -1.62. The number of carbonyl (C=O) groups excluding carboxylic acids is 5. The minimum absolute atomic E-state index is 0.0372. The van der Waals surface area contributed by atoms with Crippen LogP contribution in [0.4, 0.5) is 5.69 Å². The van der Waals surface area contributed by atoms with Crippen LogP contribution in [0.25, 0.3) is 0 Å². The van der Waals surface area contributed by atoms with E-state index in [4.69, 9.17) is 0 Å². The van der Waals surface area contributed by atoms with Crippen LogP contribution in [0, 0.1) is 5.92 Å². The van der Waals surface area contributed by atoms with Gasteiger partial charge in [0.15, 0.2) is 0 Å². The smallest absolute Gasteiger partial charge is 0.261 e. The average Bonchev–Trinajstić information content (AvgIpc) is 2.91. The quantitative estimate of drug-likeness (QED) is 0.658. The molecule has 0 fully saturated rings. The number of nitrogens with zero attached hydrogens (tertiary/aromatic N) is 1. The Morgan fingerprint density at radius 2 is 1.43 bits per heavy atom. The van der Waals surface area contributed by atoms with Gasteiger partial charge in [0.1, 0.15) is 0 Å². The summed E-state index contributed by atoms with van der Waals surface area (Å²) in [7, 11) is 0. The van der Waals surface area contributed by atoms with Crippen LogP contribution in [-0.4, -0.2) is 41.1 Å². The van der Waals surface area contributed by atoms with Crippen LogP contribution >= 0.6 is 0 Å². The van der Waals surface area contributed by atoms with Gasteiger partial charge in [0.25, 0.3) is 17.7 Å². The molecule has 0 bridgehead atoms. The van der Waals surface area contributed by atoms with Crippen molar-refractivity contribution >= 4 is 35.3 Å². The molecule has 3 amide bonds. The lowest BCUT2D eigenvalue weighted by Gasteiger charge is -2.15. The van der Waals surface area contributed by atoms with Crippen LogP contribution in [0.3, 0.4) is 0 Å². The maximum Gasteiger partial charge on any atom is 0.261 e. The summed E-state index contributed by atoms with van der Waals surface area (Å²) < 4.78 is 0. The predicted octanol–water partition coefficient (Wildman–Crippen LogP) is -0.0821. The van der Waals surface area contributed by atoms with Gasteiger partial charge >= 0.3 is 0 Å². The number of fused-ring (bicyclic) bond motifs is 1. The standard InChI is InChI=1S/C21H18N2O7/c1-10(2)9-23-18(25)15-4-3-11(8-16(15)19(23)26)17(24)22-14-6-12(20(27)28)5-13(7-14)21(29)30/h3-8,10H,9H2,1-2H3,(H,22,24)(H,27,28)(H,29,30)/p-2. The monoisotopic (exact) mass is 408 g/mol. The van der Waals surface area contributed by atoms with Gasteiger partial charge in [-0.2, -0.15) is 0 Å². The number of hydrogen-bond donors (Lipinski definition) is 1. The molecule has 1 heterocycles. The Bertz CT molecular complexity index is 1070. The van der Waals surface area contributed by atoms with E-state index in [1.165, 1.54) is 18.2 Å². The molecule has 0 unspecified atom stereocenters. The lowest BCUT2D eigenvalue weighted by atomic mass is 10.0. The van der Waals surface area contributed by atoms with Gasteiger partial charge in [0.05, 0.1) is 23.1 Å². The van der Waals surface area contributed by atoms with Crippen molar-refractivity contribution in [1.29, 1.82) is 0 Å². The maximum atomic E-state index is 12.6. The first-order chi connectivity index (χ1) is 14.1. The SMILES string of the molecule is CC(C)CN1C(=O)c2ccc(C(=O)Nc3cc(C(=O)[O-])cc(C(=O)[O-])c3)cc2C1=O. The van der Waals surface area contributed by atoms with Gasteiger partial charge in [-0.25, -0.2) is 0 Å². The highest BCUT2D eigenvalue weighted by Gasteiger charge is 2.36. The van der Waals surface area contributed by atoms with E-state index in [2.05, 4.69) is 5.32 Å². The highest BCUT2D eigenvalue weighted by molar-refractivity contribution is 6.22. The summed E-state index contributed by atoms with van der Waals surface area (Å²) in [4.78, 5) is 60.8. The summed E-state index contributed by atoms with van der Waals surface area (Å²) in [5.74, 6) is -4.84. The number of imide groups is 1. The Morgan fingerprint density at radius 1 is 0.867 bits per heavy atom. The fraction of sp³-hybridized carbons (Fsp3) is 0.190. The third-order valence-electron chi connectivity index (χ3n) is 4.44. The van der Waals surface area contributed by atoms with Gasteiger partial charge < -0.3 is 25.1 Å². The molecule has 2 aromatic carbocycles. The molecule has 9 nitrogen and oxygen atoms in total. The third kappa shape index (κ3) is 3.90. The van der Waals surface area contributed by atoms with E-state index in [0.717, 1.165) is 23.1 Å². The summed E-state index contributed by atoms with van der Waals surface area (Å²) >= 11 is 0. The number of hydrogen-bond acceptors (Lipinski definition) is 7. The molecule has 154 valence electrons. The summed E-state index contributed by atoms with van der Waals surface area (Å²) in [5.41, 5.74) is -0.694. The number of amides is 3. The number of carbonyl (C=O) groups is 5. The van der Waals surface area contributed by atoms with Crippen LogP contribution in [0.2, 0.25) is 0 Å². The van der Waals surface area contributed by atoms with Crippen molar-refractivity contribution in [2.24, 2.45) is 5.92 Å². The number of nitrogens with one attached hydrogen (secondary N) is 1. The molecule has 0 spiro atoms. The first-order valence-corrected chi connectivity index (χ1v) is 8.98. The van der Waals surface area contributed by atoms with Crippen molar-refractivity contribution < 1.29 is 34.2 Å². The van der Waals surface area contributed by atoms with Crippen molar-refractivity contribution in [1.82, 2.24) is 4.90 Å². The number of anilines is 1. The van der Waals surface area contributed by atoms with E-state index in [-0.39, 0.29) is 34.8 Å². The molecule has 30 heavy (non-hydrogen) atoms. The van der Waals surface area contributed by atoms with Gasteiger partial charge in [0.2, 0.25) is 0 Å². The maximum absolute atomic E-state index is 12.6. The molecule has 1 aliphatic rings. The molecular weight excluding hydrogens is 392 g/mol. The third-order valence-corrected chi connectivity index (χ3v) is 4.44. The van der Waals surface area contributed by atoms with Crippen LogP contribution in [0.1, 0.15) is 65.6 Å². The molecule has 0 aromatic heterocycles. The summed E-state index contributed by atoms with van der Waals surface area (Å²) in [6.45, 7) is 3.98. The number of rotatable bonds is 6. The molecule has 0 saturated heterocycles. The predicted molar refractivity (Wildman–Crippen MR) is 99.7 cm³/mol. The molecule has 2 aromatic rings. The number of carboxylic acid groups (broad SMARTS) is 2. The highest BCUT2D eigenvalue weighted by atomic mass is 16.4. The molecule has 9 heteroatoms. The summed E-state index contributed by atoms with van der Waals surface area (Å²) in [5, 5.41) is 24.5. The number of aromatic carboxylic acids is 2. The van der Waals surface area contributed by atoms with E-state index in [1.807, 2.05) is 13.8 Å². The molecule has 3 rings (SSSR count). The summed E-state index contributed by atoms with van der Waals surface area (Å²) in [6.07, 6.45) is 0. The van der Waals surface area contributed by atoms with E-state index in [9.17, 15) is 34.2 Å². The first-order valence-electron chi connectivity index (χ1n) is 8.98. The Hall–Kier alpha value is -4.01. The zero-order valence-electron chi connectivity index (χ0n) is 16.1. The molecular formula is C21H16N2O7-2. The molecule has 1 N–H and O–H groups in total. The van der Waals surface area contributed by atoms with Gasteiger partial charge in [-0.05, 0) is 53.4 Å². The van der Waals surface area contributed by atoms with Gasteiger partial charge in [0, 0.05) is 17.8 Å². The first kappa shape index (κ1) is 20.7. The van der Waals surface area contributed by atoms with Gasteiger partial charge in [-0.3, -0.25) is 19.3 Å². The van der Waals surface area contributed by atoms with Gasteiger partial charge in [-0.1, -0.05) is 13.8 Å². The average molecular weight is 408 g/mol. The Labute approximate surface area is 170 Å². The van der Waals surface area contributed by atoms with Gasteiger partial charge in [-0.15, -0.1) is 0 Å². The second-order valence-corrected chi connectivity index (χ2v) is 7.20. The van der Waals surface area contributed by atoms with Crippen LogP contribution < -0.4 is 15.5 Å². The Balaban J connectivity index is 1.89. The van der Waals surface area contributed by atoms with Crippen molar-refractivity contribution in [3.05, 3.63) is 64.2 Å². The topological polar surface area (TPSA) is 147 Å². The van der Waals surface area contributed by atoms with E-state index >= 15 is 0 Å². The minimum Gasteiger partial charge on any atom is -0.545 e. The number of carboxylic acids is 2. The van der Waals surface area contributed by atoms with Crippen LogP contribution in [0.15, 0.2) is 36.4 Å². The zero-order chi connectivity index (χ0) is 22.2.